The van der Waals surface area contributed by atoms with Gasteiger partial charge in [-0.15, -0.1) is 11.3 Å². The first-order valence-electron chi connectivity index (χ1n) is 8.55. The van der Waals surface area contributed by atoms with E-state index in [9.17, 15) is 9.59 Å². The molecule has 2 N–H and O–H groups in total. The molecule has 7 nitrogen and oxygen atoms in total. The lowest BCUT2D eigenvalue weighted by molar-refractivity contribution is 0.194. The van der Waals surface area contributed by atoms with Crippen molar-refractivity contribution in [2.75, 3.05) is 18.4 Å². The highest BCUT2D eigenvalue weighted by Gasteiger charge is 2.25. The van der Waals surface area contributed by atoms with Crippen LogP contribution in [0, 0.1) is 6.92 Å². The molecule has 3 heterocycles. The first-order valence-corrected chi connectivity index (χ1v) is 9.43. The van der Waals surface area contributed by atoms with Crippen LogP contribution in [0.1, 0.15) is 30.3 Å². The lowest BCUT2D eigenvalue weighted by Gasteiger charge is -2.31. The number of piperidine rings is 1. The van der Waals surface area contributed by atoms with Crippen molar-refractivity contribution < 1.29 is 4.79 Å². The smallest absolute Gasteiger partial charge is 0.321 e. The fourth-order valence-corrected chi connectivity index (χ4v) is 3.99. The van der Waals surface area contributed by atoms with Gasteiger partial charge < -0.3 is 15.2 Å². The Hall–Kier alpha value is -2.74. The summed E-state index contributed by atoms with van der Waals surface area (Å²) in [6, 6.07) is 7.22. The van der Waals surface area contributed by atoms with Crippen LogP contribution < -0.4 is 10.9 Å². The molecule has 0 unspecified atom stereocenters. The van der Waals surface area contributed by atoms with Gasteiger partial charge in [-0.05, 0) is 38.0 Å². The van der Waals surface area contributed by atoms with E-state index in [-0.39, 0.29) is 17.5 Å². The van der Waals surface area contributed by atoms with E-state index in [1.54, 1.807) is 29.8 Å². The average Bonchev–Trinajstić information content (AvgIpc) is 3.09. The second-order valence-electron chi connectivity index (χ2n) is 6.48. The summed E-state index contributed by atoms with van der Waals surface area (Å²) >= 11 is 1.58. The predicted octanol–water partition coefficient (Wildman–Crippen LogP) is 3.10. The van der Waals surface area contributed by atoms with Gasteiger partial charge >= 0.3 is 6.03 Å². The number of amides is 2. The second kappa shape index (κ2) is 6.87. The molecule has 2 amide bonds. The lowest BCUT2D eigenvalue weighted by Crippen LogP contribution is -2.40. The SMILES string of the molecule is Cc1nc(C2CCN(C(=O)Nc3ccc4scnc4c3)CC2)cc(=O)[nH]1. The highest BCUT2D eigenvalue weighted by Crippen LogP contribution is 2.27. The summed E-state index contributed by atoms with van der Waals surface area (Å²) < 4.78 is 1.10. The van der Waals surface area contributed by atoms with Crippen molar-refractivity contribution in [3.63, 3.8) is 0 Å². The van der Waals surface area contributed by atoms with Crippen LogP contribution in [0.15, 0.2) is 34.6 Å². The van der Waals surface area contributed by atoms with Crippen LogP contribution >= 0.6 is 11.3 Å². The van der Waals surface area contributed by atoms with Gasteiger partial charge in [-0.3, -0.25) is 4.79 Å². The number of hydrogen-bond acceptors (Lipinski definition) is 5. The number of carbonyl (C=O) groups is 1. The first-order chi connectivity index (χ1) is 12.6. The minimum absolute atomic E-state index is 0.104. The van der Waals surface area contributed by atoms with Crippen LogP contribution in [0.2, 0.25) is 0 Å². The highest BCUT2D eigenvalue weighted by molar-refractivity contribution is 7.16. The molecule has 8 heteroatoms. The molecule has 0 saturated carbocycles. The monoisotopic (exact) mass is 369 g/mol. The third-order valence-electron chi connectivity index (χ3n) is 4.66. The third kappa shape index (κ3) is 3.45. The van der Waals surface area contributed by atoms with E-state index in [0.29, 0.717) is 18.9 Å². The van der Waals surface area contributed by atoms with E-state index >= 15 is 0 Å². The fraction of sp³-hybridized carbons (Fsp3) is 0.333. The summed E-state index contributed by atoms with van der Waals surface area (Å²) in [5.41, 5.74) is 4.14. The van der Waals surface area contributed by atoms with E-state index in [4.69, 9.17) is 0 Å². The molecule has 0 spiro atoms. The molecular weight excluding hydrogens is 350 g/mol. The minimum atomic E-state index is -0.120. The van der Waals surface area contributed by atoms with Gasteiger partial charge in [0, 0.05) is 30.8 Å². The molecule has 0 aliphatic carbocycles. The molecule has 1 aliphatic heterocycles. The molecule has 3 aromatic rings. The molecule has 0 atom stereocenters. The van der Waals surface area contributed by atoms with Crippen molar-refractivity contribution in [1.29, 1.82) is 0 Å². The Bertz CT molecular complexity index is 1000. The zero-order chi connectivity index (χ0) is 18.1. The van der Waals surface area contributed by atoms with Crippen molar-refractivity contribution in [2.24, 2.45) is 0 Å². The molecule has 1 fully saturated rings. The number of benzene rings is 1. The van der Waals surface area contributed by atoms with Crippen molar-refractivity contribution in [3.05, 3.63) is 51.6 Å². The van der Waals surface area contributed by atoms with Gasteiger partial charge in [0.2, 0.25) is 0 Å². The zero-order valence-corrected chi connectivity index (χ0v) is 15.2. The Labute approximate surface area is 154 Å². The number of likely N-dealkylation sites (tertiary alicyclic amines) is 1. The van der Waals surface area contributed by atoms with Crippen LogP contribution in [-0.4, -0.2) is 39.0 Å². The summed E-state index contributed by atoms with van der Waals surface area (Å²) in [6.07, 6.45) is 1.60. The molecule has 4 rings (SSSR count). The Morgan fingerprint density at radius 2 is 2.12 bits per heavy atom. The van der Waals surface area contributed by atoms with E-state index in [0.717, 1.165) is 34.4 Å². The topological polar surface area (TPSA) is 91.0 Å². The number of H-pyrrole nitrogens is 1. The predicted molar refractivity (Wildman–Crippen MR) is 102 cm³/mol. The number of carbonyl (C=O) groups excluding carboxylic acids is 1. The first kappa shape index (κ1) is 16.7. The number of thiazole rings is 1. The number of aromatic nitrogens is 3. The van der Waals surface area contributed by atoms with Crippen molar-refractivity contribution >= 4 is 33.3 Å². The van der Waals surface area contributed by atoms with Crippen molar-refractivity contribution in [2.45, 2.75) is 25.7 Å². The Kier molecular flexibility index (Phi) is 4.42. The number of nitrogens with zero attached hydrogens (tertiary/aromatic N) is 3. The number of nitrogens with one attached hydrogen (secondary N) is 2. The molecule has 1 aromatic carbocycles. The quantitative estimate of drug-likeness (QED) is 0.726. The van der Waals surface area contributed by atoms with Gasteiger partial charge in [-0.2, -0.15) is 0 Å². The largest absolute Gasteiger partial charge is 0.324 e. The number of aromatic amines is 1. The molecule has 134 valence electrons. The van der Waals surface area contributed by atoms with Crippen molar-refractivity contribution in [1.82, 2.24) is 19.9 Å². The Morgan fingerprint density at radius 3 is 2.88 bits per heavy atom. The van der Waals surface area contributed by atoms with E-state index < -0.39 is 0 Å². The second-order valence-corrected chi connectivity index (χ2v) is 7.37. The number of rotatable bonds is 2. The number of aryl methyl sites for hydroxylation is 1. The summed E-state index contributed by atoms with van der Waals surface area (Å²) in [5, 5.41) is 2.95. The third-order valence-corrected chi connectivity index (χ3v) is 5.47. The van der Waals surface area contributed by atoms with Crippen LogP contribution in [0.3, 0.4) is 0 Å². The highest BCUT2D eigenvalue weighted by atomic mass is 32.1. The van der Waals surface area contributed by atoms with Crippen LogP contribution in [-0.2, 0) is 0 Å². The molecule has 1 saturated heterocycles. The molecule has 2 aromatic heterocycles. The van der Waals surface area contributed by atoms with Gasteiger partial charge in [0.05, 0.1) is 21.4 Å². The van der Waals surface area contributed by atoms with Gasteiger partial charge in [0.15, 0.2) is 0 Å². The standard InChI is InChI=1S/C18H19N5O2S/c1-11-20-14(9-17(24)21-11)12-4-6-23(7-5-12)18(25)22-13-2-3-16-15(8-13)19-10-26-16/h2-3,8-10,12H,4-7H2,1H3,(H,22,25)(H,20,21,24). The normalized spacial score (nSPS) is 15.3. The van der Waals surface area contributed by atoms with Crippen molar-refractivity contribution in [3.8, 4) is 0 Å². The van der Waals surface area contributed by atoms with Crippen LogP contribution in [0.5, 0.6) is 0 Å². The maximum atomic E-state index is 12.5. The summed E-state index contributed by atoms with van der Waals surface area (Å²) in [5.74, 6) is 0.844. The molecule has 0 bridgehead atoms. The summed E-state index contributed by atoms with van der Waals surface area (Å²) in [7, 11) is 0. The van der Waals surface area contributed by atoms with Gasteiger partial charge in [-0.1, -0.05) is 0 Å². The lowest BCUT2D eigenvalue weighted by atomic mass is 9.93. The van der Waals surface area contributed by atoms with Crippen LogP contribution in [0.25, 0.3) is 10.2 Å². The maximum absolute atomic E-state index is 12.5. The Balaban J connectivity index is 1.39. The summed E-state index contributed by atoms with van der Waals surface area (Å²) in [4.78, 5) is 37.3. The maximum Gasteiger partial charge on any atom is 0.321 e. The van der Waals surface area contributed by atoms with Gasteiger partial charge in [0.25, 0.3) is 5.56 Å². The summed E-state index contributed by atoms with van der Waals surface area (Å²) in [6.45, 7) is 3.07. The van der Waals surface area contributed by atoms with E-state index in [2.05, 4.69) is 20.3 Å². The molecule has 26 heavy (non-hydrogen) atoms. The number of fused-ring (bicyclic) bond motifs is 1. The fourth-order valence-electron chi connectivity index (χ4n) is 3.33. The van der Waals surface area contributed by atoms with Crippen LogP contribution in [0.4, 0.5) is 10.5 Å². The molecular formula is C18H19N5O2S. The molecule has 0 radical (unpaired) electrons. The number of hydrogen-bond donors (Lipinski definition) is 2. The molecule has 1 aliphatic rings. The van der Waals surface area contributed by atoms with Gasteiger partial charge in [-0.25, -0.2) is 14.8 Å². The van der Waals surface area contributed by atoms with E-state index in [1.807, 2.05) is 23.1 Å². The van der Waals surface area contributed by atoms with E-state index in [1.165, 1.54) is 0 Å². The number of anilines is 1. The average molecular weight is 369 g/mol. The minimum Gasteiger partial charge on any atom is -0.324 e. The van der Waals surface area contributed by atoms with Gasteiger partial charge in [0.1, 0.15) is 5.82 Å². The number of urea groups is 1. The zero-order valence-electron chi connectivity index (χ0n) is 14.4. The Morgan fingerprint density at radius 1 is 1.31 bits per heavy atom.